The number of halogens is 3. The molecule has 6 nitrogen and oxygen atoms in total. The van der Waals surface area contributed by atoms with Crippen molar-refractivity contribution in [3.05, 3.63) is 54.6 Å². The van der Waals surface area contributed by atoms with Crippen LogP contribution >= 0.6 is 47.8 Å². The standard InChI is InChI=1S/C25H39BrN2.C18H34O2.C6H6Br2N2.C3H6/c1-4-6-8-10-12-14-16-22-23(17-15-13-11-9-7-5-2)28-25-21(26)19-18-20(3)24(25)27-22;1-3-5-7-9-11-13-15-17(19)18(20)16-14-12-10-8-6-4-2;7-3-1-2-4(8)6(10)5(3)9;1-2-3-1/h18-19H,4-17H2,1-3H3;3-16H2,1-2H3;1-2H,9-10H2;1-3H2. The molecule has 346 valence electrons. The van der Waals surface area contributed by atoms with Crippen molar-refractivity contribution in [1.29, 1.82) is 0 Å². The lowest BCUT2D eigenvalue weighted by atomic mass is 10.0. The molecule has 1 heterocycles. The lowest BCUT2D eigenvalue weighted by molar-refractivity contribution is -0.136. The fourth-order valence-corrected chi connectivity index (χ4v) is 7.94. The number of aryl methyl sites for hydroxylation is 3. The monoisotopic (exact) mass is 1030 g/mol. The molecule has 3 aromatic rings. The Hall–Kier alpha value is -1.84. The number of anilines is 2. The molecule has 0 spiro atoms. The van der Waals surface area contributed by atoms with Gasteiger partial charge in [0.05, 0.1) is 28.3 Å². The second kappa shape index (κ2) is 37.5. The molecule has 1 saturated carbocycles. The van der Waals surface area contributed by atoms with E-state index in [0.717, 1.165) is 63.0 Å². The molecule has 0 unspecified atom stereocenters. The summed E-state index contributed by atoms with van der Waals surface area (Å²) in [6.07, 6.45) is 37.4. The maximum Gasteiger partial charge on any atom is 0.198 e. The third kappa shape index (κ3) is 27.8. The Morgan fingerprint density at radius 1 is 0.459 bits per heavy atom. The molecule has 1 fully saturated rings. The van der Waals surface area contributed by atoms with E-state index < -0.39 is 0 Å². The Morgan fingerprint density at radius 2 is 0.770 bits per heavy atom. The van der Waals surface area contributed by atoms with Gasteiger partial charge in [-0.05, 0) is 117 Å². The Bertz CT molecular complexity index is 1500. The molecule has 2 aromatic carbocycles. The van der Waals surface area contributed by atoms with Crippen LogP contribution in [-0.2, 0) is 22.4 Å². The topological polar surface area (TPSA) is 112 Å². The highest BCUT2D eigenvalue weighted by molar-refractivity contribution is 9.11. The van der Waals surface area contributed by atoms with Crippen LogP contribution < -0.4 is 11.5 Å². The van der Waals surface area contributed by atoms with Crippen molar-refractivity contribution in [2.75, 3.05) is 11.5 Å². The summed E-state index contributed by atoms with van der Waals surface area (Å²) >= 11 is 10.2. The summed E-state index contributed by atoms with van der Waals surface area (Å²) in [5, 5.41) is 0. The number of ketones is 2. The van der Waals surface area contributed by atoms with Crippen LogP contribution in [0.4, 0.5) is 11.4 Å². The molecule has 4 rings (SSSR count). The zero-order valence-electron chi connectivity index (χ0n) is 39.2. The Labute approximate surface area is 398 Å². The molecule has 1 aliphatic carbocycles. The predicted molar refractivity (Wildman–Crippen MR) is 277 cm³/mol. The number of nitrogens with two attached hydrogens (primary N) is 2. The first-order valence-corrected chi connectivity index (χ1v) is 26.9. The minimum Gasteiger partial charge on any atom is -0.396 e. The van der Waals surface area contributed by atoms with Crippen molar-refractivity contribution < 1.29 is 9.59 Å². The lowest BCUT2D eigenvalue weighted by Crippen LogP contribution is -2.13. The van der Waals surface area contributed by atoms with E-state index in [4.69, 9.17) is 21.4 Å². The van der Waals surface area contributed by atoms with E-state index in [1.54, 1.807) is 0 Å². The number of nitrogens with zero attached hydrogens (tertiary/aromatic N) is 2. The van der Waals surface area contributed by atoms with Gasteiger partial charge in [0.2, 0.25) is 0 Å². The van der Waals surface area contributed by atoms with Crippen molar-refractivity contribution in [2.24, 2.45) is 0 Å². The molecular formula is C52H85Br3N4O2. The van der Waals surface area contributed by atoms with Gasteiger partial charge in [-0.25, -0.2) is 9.97 Å². The normalized spacial score (nSPS) is 11.5. The first-order valence-electron chi connectivity index (χ1n) is 24.5. The number of carbonyl (C=O) groups excluding carboxylic acids is 2. The Balaban J connectivity index is 0.000000485. The first kappa shape index (κ1) is 57.2. The van der Waals surface area contributed by atoms with Crippen LogP contribution in [-0.4, -0.2) is 21.5 Å². The third-order valence-electron chi connectivity index (χ3n) is 11.0. The lowest BCUT2D eigenvalue weighted by Gasteiger charge is -2.12. The van der Waals surface area contributed by atoms with E-state index in [-0.39, 0.29) is 11.6 Å². The molecule has 0 amide bonds. The number of benzene rings is 2. The minimum atomic E-state index is -0.131. The molecule has 0 bridgehead atoms. The van der Waals surface area contributed by atoms with Crippen LogP contribution in [0.25, 0.3) is 11.0 Å². The number of fused-ring (bicyclic) bond motifs is 1. The second-order valence-electron chi connectivity index (χ2n) is 17.0. The van der Waals surface area contributed by atoms with Gasteiger partial charge in [0.1, 0.15) is 5.52 Å². The highest BCUT2D eigenvalue weighted by Crippen LogP contribution is 2.31. The summed E-state index contributed by atoms with van der Waals surface area (Å²) in [6.45, 7) is 11.1. The number of aromatic nitrogens is 2. The van der Waals surface area contributed by atoms with Crippen molar-refractivity contribution in [3.63, 3.8) is 0 Å². The fraction of sp³-hybridized carbons (Fsp3) is 0.692. The van der Waals surface area contributed by atoms with Gasteiger partial charge >= 0.3 is 0 Å². The van der Waals surface area contributed by atoms with Crippen LogP contribution in [0.2, 0.25) is 0 Å². The molecule has 0 aliphatic heterocycles. The Morgan fingerprint density at radius 3 is 1.13 bits per heavy atom. The largest absolute Gasteiger partial charge is 0.396 e. The van der Waals surface area contributed by atoms with E-state index in [1.807, 2.05) is 12.1 Å². The first-order chi connectivity index (χ1) is 29.5. The maximum atomic E-state index is 11.6. The average Bonchev–Trinajstić information content (AvgIpc) is 4.16. The molecule has 9 heteroatoms. The summed E-state index contributed by atoms with van der Waals surface area (Å²) in [5.41, 5.74) is 18.1. The minimum absolute atomic E-state index is 0.131. The number of Topliss-reactive ketones (excluding diaryl/α,β-unsaturated/α-hetero) is 2. The van der Waals surface area contributed by atoms with Gasteiger partial charge in [-0.15, -0.1) is 0 Å². The highest BCUT2D eigenvalue weighted by atomic mass is 79.9. The summed E-state index contributed by atoms with van der Waals surface area (Å²) in [7, 11) is 0. The molecule has 0 radical (unpaired) electrons. The SMILES string of the molecule is C1CC1.CCCCCCCCC(=O)C(=O)CCCCCCCC.CCCCCCCCc1nc2c(C)ccc(Br)c2nc1CCCCCCCC.Nc1c(Br)ccc(Br)c1N. The molecule has 4 N–H and O–H groups in total. The smallest absolute Gasteiger partial charge is 0.198 e. The van der Waals surface area contributed by atoms with Crippen molar-refractivity contribution in [2.45, 2.75) is 234 Å². The number of unbranched alkanes of at least 4 members (excludes halogenated alkanes) is 20. The predicted octanol–water partition coefficient (Wildman–Crippen LogP) is 17.7. The van der Waals surface area contributed by atoms with Gasteiger partial charge in [0.15, 0.2) is 11.6 Å². The van der Waals surface area contributed by atoms with Gasteiger partial charge < -0.3 is 11.5 Å². The quantitative estimate of drug-likeness (QED) is 0.0407. The van der Waals surface area contributed by atoms with Crippen LogP contribution in [0, 0.1) is 6.92 Å². The van der Waals surface area contributed by atoms with Crippen molar-refractivity contribution in [1.82, 2.24) is 9.97 Å². The molecule has 0 atom stereocenters. The fourth-order valence-electron chi connectivity index (χ4n) is 6.84. The maximum absolute atomic E-state index is 11.6. The summed E-state index contributed by atoms with van der Waals surface area (Å²) in [5.74, 6) is -0.261. The van der Waals surface area contributed by atoms with Crippen LogP contribution in [0.15, 0.2) is 37.7 Å². The van der Waals surface area contributed by atoms with Crippen LogP contribution in [0.5, 0.6) is 0 Å². The van der Waals surface area contributed by atoms with Gasteiger partial charge in [-0.1, -0.05) is 181 Å². The van der Waals surface area contributed by atoms with Gasteiger partial charge in [-0.3, -0.25) is 9.59 Å². The second-order valence-corrected chi connectivity index (χ2v) is 19.6. The van der Waals surface area contributed by atoms with Gasteiger partial charge in [0, 0.05) is 26.3 Å². The van der Waals surface area contributed by atoms with Gasteiger partial charge in [-0.2, -0.15) is 0 Å². The van der Waals surface area contributed by atoms with E-state index in [1.165, 1.54) is 165 Å². The summed E-state index contributed by atoms with van der Waals surface area (Å²) in [4.78, 5) is 33.5. The number of hydrogen-bond donors (Lipinski definition) is 2. The molecule has 1 aliphatic rings. The molecular weight excluding hydrogens is 952 g/mol. The number of carbonyl (C=O) groups is 2. The average molecular weight is 1040 g/mol. The highest BCUT2D eigenvalue weighted by Gasteiger charge is 2.14. The molecule has 61 heavy (non-hydrogen) atoms. The molecule has 1 aromatic heterocycles. The molecule has 0 saturated heterocycles. The van der Waals surface area contributed by atoms with E-state index in [9.17, 15) is 9.59 Å². The Kier molecular flexibility index (Phi) is 35.2. The summed E-state index contributed by atoms with van der Waals surface area (Å²) < 4.78 is 2.72. The van der Waals surface area contributed by atoms with Gasteiger partial charge in [0.25, 0.3) is 0 Å². The zero-order valence-corrected chi connectivity index (χ0v) is 44.0. The number of nitrogen functional groups attached to an aromatic ring is 2. The van der Waals surface area contributed by atoms with Crippen LogP contribution in [0.1, 0.15) is 231 Å². The number of hydrogen-bond acceptors (Lipinski definition) is 6. The van der Waals surface area contributed by atoms with E-state index in [0.29, 0.717) is 24.2 Å². The zero-order chi connectivity index (χ0) is 45.1. The third-order valence-corrected chi connectivity index (χ3v) is 13.0. The number of rotatable bonds is 29. The van der Waals surface area contributed by atoms with E-state index in [2.05, 4.69) is 94.5 Å². The van der Waals surface area contributed by atoms with Crippen LogP contribution in [0.3, 0.4) is 0 Å². The summed E-state index contributed by atoms with van der Waals surface area (Å²) in [6, 6.07) is 7.93. The van der Waals surface area contributed by atoms with E-state index >= 15 is 0 Å². The van der Waals surface area contributed by atoms with Crippen molar-refractivity contribution >= 4 is 81.8 Å². The van der Waals surface area contributed by atoms with Crippen molar-refractivity contribution in [3.8, 4) is 0 Å².